The number of hydrogen-bond acceptors (Lipinski definition) is 5. The molecule has 2 amide bonds. The molecule has 1 aromatic rings. The molecule has 18 heavy (non-hydrogen) atoms. The van der Waals surface area contributed by atoms with Gasteiger partial charge in [0, 0.05) is 18.5 Å². The average Bonchev–Trinajstić information content (AvgIpc) is 2.62. The van der Waals surface area contributed by atoms with E-state index in [1.165, 1.54) is 0 Å². The Morgan fingerprint density at radius 1 is 1.33 bits per heavy atom. The Hall–Kier alpha value is -1.21. The zero-order chi connectivity index (χ0) is 13.8. The Bertz CT molecular complexity index is 441. The number of aromatic nitrogens is 2. The van der Waals surface area contributed by atoms with E-state index in [-0.39, 0.29) is 39.8 Å². The third kappa shape index (κ3) is 5.42. The molecular weight excluding hydrogens is 276 g/mol. The van der Waals surface area contributed by atoms with Crippen LogP contribution in [0.2, 0.25) is 4.47 Å². The Labute approximate surface area is 114 Å². The molecular formula is C10H15ClN4O2S. The molecule has 1 aromatic heterocycles. The minimum atomic E-state index is -0.372. The number of nitrogens with zero attached hydrogens (tertiary/aromatic N) is 2. The zero-order valence-electron chi connectivity index (χ0n) is 10.4. The number of carbonyl (C=O) groups is 2. The quantitative estimate of drug-likeness (QED) is 0.873. The smallest absolute Gasteiger partial charge is 0.282 e. The summed E-state index contributed by atoms with van der Waals surface area (Å²) in [5, 5.41) is 12.7. The number of carbonyl (C=O) groups excluding carboxylic acids is 2. The van der Waals surface area contributed by atoms with Crippen LogP contribution >= 0.6 is 22.9 Å². The highest BCUT2D eigenvalue weighted by atomic mass is 35.5. The SMILES string of the molecule is CC(C)(C)NC(=O)CCNC(=O)c1nnc(Cl)s1. The maximum Gasteiger partial charge on any atom is 0.282 e. The van der Waals surface area contributed by atoms with Gasteiger partial charge < -0.3 is 10.6 Å². The molecule has 6 nitrogen and oxygen atoms in total. The largest absolute Gasteiger partial charge is 0.351 e. The molecule has 8 heteroatoms. The maximum absolute atomic E-state index is 11.5. The summed E-state index contributed by atoms with van der Waals surface area (Å²) in [4.78, 5) is 23.0. The first-order valence-electron chi connectivity index (χ1n) is 5.36. The molecule has 0 atom stereocenters. The lowest BCUT2D eigenvalue weighted by Gasteiger charge is -2.20. The van der Waals surface area contributed by atoms with Gasteiger partial charge in [-0.25, -0.2) is 0 Å². The highest BCUT2D eigenvalue weighted by Crippen LogP contribution is 2.14. The number of nitrogens with one attached hydrogen (secondary N) is 2. The number of hydrogen-bond donors (Lipinski definition) is 2. The van der Waals surface area contributed by atoms with Gasteiger partial charge in [0.15, 0.2) is 0 Å². The van der Waals surface area contributed by atoms with E-state index in [9.17, 15) is 9.59 Å². The average molecular weight is 291 g/mol. The first-order valence-corrected chi connectivity index (χ1v) is 6.55. The van der Waals surface area contributed by atoms with Crippen LogP contribution < -0.4 is 10.6 Å². The van der Waals surface area contributed by atoms with Gasteiger partial charge in [0.1, 0.15) is 0 Å². The fraction of sp³-hybridized carbons (Fsp3) is 0.600. The number of amides is 2. The van der Waals surface area contributed by atoms with Crippen molar-refractivity contribution in [3.63, 3.8) is 0 Å². The van der Waals surface area contributed by atoms with Gasteiger partial charge in [-0.05, 0) is 32.4 Å². The van der Waals surface area contributed by atoms with Crippen LogP contribution in [0.15, 0.2) is 0 Å². The Kier molecular flexibility index (Phi) is 5.03. The summed E-state index contributed by atoms with van der Waals surface area (Å²) >= 11 is 6.56. The molecule has 0 saturated heterocycles. The molecule has 0 aliphatic carbocycles. The summed E-state index contributed by atoms with van der Waals surface area (Å²) in [7, 11) is 0. The maximum atomic E-state index is 11.5. The molecule has 1 heterocycles. The lowest BCUT2D eigenvalue weighted by atomic mass is 10.1. The van der Waals surface area contributed by atoms with Gasteiger partial charge in [-0.15, -0.1) is 10.2 Å². The molecule has 2 N–H and O–H groups in total. The molecule has 0 saturated carbocycles. The third-order valence-corrected chi connectivity index (χ3v) is 2.76. The van der Waals surface area contributed by atoms with E-state index in [0.717, 1.165) is 11.3 Å². The van der Waals surface area contributed by atoms with Crippen LogP contribution in [0.1, 0.15) is 37.0 Å². The summed E-state index contributed by atoms with van der Waals surface area (Å²) in [5.41, 5.74) is -0.270. The predicted octanol–water partition coefficient (Wildman–Crippen LogP) is 1.23. The molecule has 0 aliphatic rings. The highest BCUT2D eigenvalue weighted by Gasteiger charge is 2.15. The van der Waals surface area contributed by atoms with Gasteiger partial charge in [-0.2, -0.15) is 0 Å². The van der Waals surface area contributed by atoms with Crippen molar-refractivity contribution in [2.45, 2.75) is 32.7 Å². The molecule has 100 valence electrons. The molecule has 0 aliphatic heterocycles. The van der Waals surface area contributed by atoms with Gasteiger partial charge in [0.2, 0.25) is 15.4 Å². The van der Waals surface area contributed by atoms with Crippen molar-refractivity contribution in [2.75, 3.05) is 6.54 Å². The summed E-state index contributed by atoms with van der Waals surface area (Å²) in [5.74, 6) is -0.485. The van der Waals surface area contributed by atoms with Gasteiger partial charge >= 0.3 is 0 Å². The summed E-state index contributed by atoms with van der Waals surface area (Å²) in [6.45, 7) is 5.93. The zero-order valence-corrected chi connectivity index (χ0v) is 12.0. The van der Waals surface area contributed by atoms with Crippen molar-refractivity contribution >= 4 is 34.8 Å². The van der Waals surface area contributed by atoms with Crippen LogP contribution in [0.25, 0.3) is 0 Å². The molecule has 0 bridgehead atoms. The van der Waals surface area contributed by atoms with Crippen molar-refractivity contribution in [1.29, 1.82) is 0 Å². The van der Waals surface area contributed by atoms with Crippen molar-refractivity contribution in [1.82, 2.24) is 20.8 Å². The van der Waals surface area contributed by atoms with Gasteiger partial charge in [0.05, 0.1) is 0 Å². The topological polar surface area (TPSA) is 84.0 Å². The van der Waals surface area contributed by atoms with Crippen molar-refractivity contribution in [2.24, 2.45) is 0 Å². The number of rotatable bonds is 4. The molecule has 0 unspecified atom stereocenters. The molecule has 0 spiro atoms. The van der Waals surface area contributed by atoms with Crippen LogP contribution in [-0.4, -0.2) is 34.1 Å². The monoisotopic (exact) mass is 290 g/mol. The first kappa shape index (κ1) is 14.8. The fourth-order valence-corrected chi connectivity index (χ4v) is 1.89. The van der Waals surface area contributed by atoms with Crippen LogP contribution in [-0.2, 0) is 4.79 Å². The van der Waals surface area contributed by atoms with Crippen LogP contribution in [0, 0.1) is 0 Å². The second kappa shape index (κ2) is 6.10. The van der Waals surface area contributed by atoms with E-state index in [4.69, 9.17) is 11.6 Å². The molecule has 1 rings (SSSR count). The Morgan fingerprint density at radius 2 is 2.00 bits per heavy atom. The fourth-order valence-electron chi connectivity index (χ4n) is 1.14. The van der Waals surface area contributed by atoms with E-state index in [0.29, 0.717) is 0 Å². The summed E-state index contributed by atoms with van der Waals surface area (Å²) in [6, 6.07) is 0. The Balaban J connectivity index is 2.30. The highest BCUT2D eigenvalue weighted by molar-refractivity contribution is 7.17. The first-order chi connectivity index (χ1) is 8.28. The molecule has 0 radical (unpaired) electrons. The molecule has 0 fully saturated rings. The van der Waals surface area contributed by atoms with Gasteiger partial charge in [-0.3, -0.25) is 9.59 Å². The normalized spacial score (nSPS) is 11.1. The van der Waals surface area contributed by atoms with Crippen molar-refractivity contribution in [3.05, 3.63) is 9.47 Å². The van der Waals surface area contributed by atoms with Crippen molar-refractivity contribution < 1.29 is 9.59 Å². The summed E-state index contributed by atoms with van der Waals surface area (Å²) < 4.78 is 0.214. The van der Waals surface area contributed by atoms with E-state index in [1.807, 2.05) is 20.8 Å². The van der Waals surface area contributed by atoms with Crippen LogP contribution in [0.4, 0.5) is 0 Å². The van der Waals surface area contributed by atoms with Crippen LogP contribution in [0.3, 0.4) is 0 Å². The minimum Gasteiger partial charge on any atom is -0.351 e. The lowest BCUT2D eigenvalue weighted by Crippen LogP contribution is -2.41. The van der Waals surface area contributed by atoms with E-state index in [2.05, 4.69) is 20.8 Å². The third-order valence-electron chi connectivity index (χ3n) is 1.75. The summed E-state index contributed by atoms with van der Waals surface area (Å²) in [6.07, 6.45) is 0.218. The lowest BCUT2D eigenvalue weighted by molar-refractivity contribution is -0.122. The van der Waals surface area contributed by atoms with Crippen LogP contribution in [0.5, 0.6) is 0 Å². The van der Waals surface area contributed by atoms with Gasteiger partial charge in [0.25, 0.3) is 5.91 Å². The van der Waals surface area contributed by atoms with Crippen molar-refractivity contribution in [3.8, 4) is 0 Å². The predicted molar refractivity (Wildman–Crippen MR) is 69.8 cm³/mol. The second-order valence-corrected chi connectivity index (χ2v) is 6.22. The second-order valence-electron chi connectivity index (χ2n) is 4.66. The van der Waals surface area contributed by atoms with E-state index >= 15 is 0 Å². The molecule has 0 aromatic carbocycles. The van der Waals surface area contributed by atoms with E-state index in [1.54, 1.807) is 0 Å². The van der Waals surface area contributed by atoms with E-state index < -0.39 is 0 Å². The van der Waals surface area contributed by atoms with Gasteiger partial charge in [-0.1, -0.05) is 11.3 Å². The minimum absolute atomic E-state index is 0.113. The number of halogens is 1. The standard InChI is InChI=1S/C10H15ClN4O2S/c1-10(2,3)13-6(16)4-5-12-7(17)8-14-15-9(11)18-8/h4-5H2,1-3H3,(H,12,17)(H,13,16). The Morgan fingerprint density at radius 3 is 2.50 bits per heavy atom.